The van der Waals surface area contributed by atoms with Gasteiger partial charge >= 0.3 is 0 Å². The van der Waals surface area contributed by atoms with Crippen LogP contribution in [0.2, 0.25) is 10.0 Å². The molecule has 2 nitrogen and oxygen atoms in total. The number of hydrogen-bond donors (Lipinski definition) is 1. The van der Waals surface area contributed by atoms with Crippen LogP contribution in [0.3, 0.4) is 0 Å². The highest BCUT2D eigenvalue weighted by Crippen LogP contribution is 2.24. The number of nitrogens with one attached hydrogen (secondary N) is 1. The van der Waals surface area contributed by atoms with Crippen molar-refractivity contribution in [3.63, 3.8) is 0 Å². The highest BCUT2D eigenvalue weighted by Gasteiger charge is 2.03. The summed E-state index contributed by atoms with van der Waals surface area (Å²) in [5.41, 5.74) is 1.78. The Hall–Kier alpha value is -0.290. The molecule has 1 N–H and O–H groups in total. The molecule has 18 heavy (non-hydrogen) atoms. The lowest BCUT2D eigenvalue weighted by Crippen LogP contribution is -2.02. The fraction of sp³-hybridized carbons (Fsp3) is 0.0833. The van der Waals surface area contributed by atoms with Crippen molar-refractivity contribution in [3.8, 4) is 0 Å². The summed E-state index contributed by atoms with van der Waals surface area (Å²) in [4.78, 5) is 4.32. The van der Waals surface area contributed by atoms with E-state index in [0.717, 1.165) is 20.3 Å². The predicted octanol–water partition coefficient (Wildman–Crippen LogP) is 5.53. The molecular formula is C12H8Br2Cl2N2. The Morgan fingerprint density at radius 3 is 2.33 bits per heavy atom. The molecule has 0 saturated heterocycles. The highest BCUT2D eigenvalue weighted by atomic mass is 79.9. The van der Waals surface area contributed by atoms with Crippen molar-refractivity contribution >= 4 is 60.7 Å². The summed E-state index contributed by atoms with van der Waals surface area (Å²) in [5.74, 6) is 0. The second-order valence-corrected chi connectivity index (χ2v) is 6.24. The maximum atomic E-state index is 5.93. The fourth-order valence-electron chi connectivity index (χ4n) is 1.41. The van der Waals surface area contributed by atoms with Crippen molar-refractivity contribution in [2.45, 2.75) is 6.54 Å². The second kappa shape index (κ2) is 6.24. The van der Waals surface area contributed by atoms with Crippen molar-refractivity contribution < 1.29 is 0 Å². The van der Waals surface area contributed by atoms with Gasteiger partial charge in [0.05, 0.1) is 12.2 Å². The van der Waals surface area contributed by atoms with Crippen LogP contribution in [-0.4, -0.2) is 4.98 Å². The molecule has 0 amide bonds. The number of nitrogens with zero attached hydrogens (tertiary/aromatic N) is 1. The van der Waals surface area contributed by atoms with Gasteiger partial charge in [0.1, 0.15) is 0 Å². The zero-order valence-corrected chi connectivity index (χ0v) is 13.7. The molecule has 0 atom stereocenters. The van der Waals surface area contributed by atoms with E-state index in [9.17, 15) is 0 Å². The summed E-state index contributed by atoms with van der Waals surface area (Å²) in [7, 11) is 0. The van der Waals surface area contributed by atoms with Crippen LogP contribution in [0, 0.1) is 0 Å². The van der Waals surface area contributed by atoms with Crippen LogP contribution in [0.4, 0.5) is 5.69 Å². The van der Waals surface area contributed by atoms with Crippen LogP contribution in [-0.2, 0) is 6.54 Å². The number of halogens is 4. The molecule has 0 saturated carbocycles. The van der Waals surface area contributed by atoms with Crippen molar-refractivity contribution in [2.75, 3.05) is 5.32 Å². The van der Waals surface area contributed by atoms with Gasteiger partial charge in [-0.1, -0.05) is 23.2 Å². The molecular weight excluding hydrogens is 403 g/mol. The molecule has 1 heterocycles. The molecule has 0 bridgehead atoms. The van der Waals surface area contributed by atoms with E-state index in [2.05, 4.69) is 42.2 Å². The molecule has 0 spiro atoms. The van der Waals surface area contributed by atoms with Crippen LogP contribution in [0.1, 0.15) is 5.69 Å². The number of aromatic nitrogens is 1. The number of benzene rings is 1. The minimum absolute atomic E-state index is 0.588. The Morgan fingerprint density at radius 2 is 1.72 bits per heavy atom. The first-order chi connectivity index (χ1) is 8.54. The number of hydrogen-bond acceptors (Lipinski definition) is 2. The van der Waals surface area contributed by atoms with Gasteiger partial charge in [0, 0.05) is 30.9 Å². The number of anilines is 1. The summed E-state index contributed by atoms with van der Waals surface area (Å²) in [6, 6.07) is 7.29. The molecule has 94 valence electrons. The third kappa shape index (κ3) is 3.85. The van der Waals surface area contributed by atoms with E-state index in [4.69, 9.17) is 23.2 Å². The van der Waals surface area contributed by atoms with E-state index in [0.29, 0.717) is 16.6 Å². The average molecular weight is 411 g/mol. The van der Waals surface area contributed by atoms with E-state index in [1.807, 2.05) is 18.2 Å². The normalized spacial score (nSPS) is 10.4. The van der Waals surface area contributed by atoms with Gasteiger partial charge in [0.15, 0.2) is 0 Å². The average Bonchev–Trinajstić information content (AvgIpc) is 2.26. The van der Waals surface area contributed by atoms with Gasteiger partial charge in [0.2, 0.25) is 0 Å². The molecule has 2 aromatic rings. The standard InChI is InChI=1S/C12H8Br2Cl2N2/c13-7-1-11(14)12(18-5-7)6-17-10-3-8(15)2-9(16)4-10/h1-5,17H,6H2. The van der Waals surface area contributed by atoms with Gasteiger partial charge in [-0.2, -0.15) is 0 Å². The summed E-state index contributed by atoms with van der Waals surface area (Å²) >= 11 is 18.7. The first-order valence-corrected chi connectivity index (χ1v) is 7.38. The van der Waals surface area contributed by atoms with Crippen LogP contribution in [0.25, 0.3) is 0 Å². The van der Waals surface area contributed by atoms with Crippen LogP contribution in [0.15, 0.2) is 39.4 Å². The molecule has 0 unspecified atom stereocenters. The number of rotatable bonds is 3. The van der Waals surface area contributed by atoms with Gasteiger partial charge < -0.3 is 5.32 Å². The minimum Gasteiger partial charge on any atom is -0.379 e. The van der Waals surface area contributed by atoms with E-state index in [-0.39, 0.29) is 0 Å². The molecule has 2 rings (SSSR count). The molecule has 0 aliphatic rings. The SMILES string of the molecule is Clc1cc(Cl)cc(NCc2ncc(Br)cc2Br)c1. The molecule has 0 aliphatic heterocycles. The Balaban J connectivity index is 2.11. The molecule has 1 aromatic heterocycles. The summed E-state index contributed by atoms with van der Waals surface area (Å²) in [5, 5.41) is 4.44. The van der Waals surface area contributed by atoms with Crippen LogP contribution in [0.5, 0.6) is 0 Å². The first-order valence-electron chi connectivity index (χ1n) is 5.04. The van der Waals surface area contributed by atoms with Gasteiger partial charge in [0.25, 0.3) is 0 Å². The fourth-order valence-corrected chi connectivity index (χ4v) is 3.07. The third-order valence-electron chi connectivity index (χ3n) is 2.21. The minimum atomic E-state index is 0.588. The van der Waals surface area contributed by atoms with Gasteiger partial charge in [-0.3, -0.25) is 4.98 Å². The van der Waals surface area contributed by atoms with E-state index in [1.165, 1.54) is 0 Å². The lowest BCUT2D eigenvalue weighted by molar-refractivity contribution is 1.03. The third-order valence-corrected chi connectivity index (χ3v) is 3.76. The predicted molar refractivity (Wildman–Crippen MR) is 83.4 cm³/mol. The topological polar surface area (TPSA) is 24.9 Å². The Bertz CT molecular complexity index is 556. The number of pyridine rings is 1. The monoisotopic (exact) mass is 408 g/mol. The molecule has 6 heteroatoms. The van der Waals surface area contributed by atoms with Crippen molar-refractivity contribution in [3.05, 3.63) is 55.1 Å². The lowest BCUT2D eigenvalue weighted by Gasteiger charge is -2.08. The Labute approximate surface area is 132 Å². The van der Waals surface area contributed by atoms with E-state index in [1.54, 1.807) is 12.3 Å². The molecule has 1 aromatic carbocycles. The summed E-state index contributed by atoms with van der Waals surface area (Å²) in [6.45, 7) is 0.588. The summed E-state index contributed by atoms with van der Waals surface area (Å²) in [6.07, 6.45) is 1.76. The van der Waals surface area contributed by atoms with Gasteiger partial charge in [-0.25, -0.2) is 0 Å². The van der Waals surface area contributed by atoms with Gasteiger partial charge in [-0.15, -0.1) is 0 Å². The molecule has 0 aliphatic carbocycles. The van der Waals surface area contributed by atoms with Crippen molar-refractivity contribution in [2.24, 2.45) is 0 Å². The van der Waals surface area contributed by atoms with Crippen LogP contribution >= 0.6 is 55.1 Å². The Kier molecular flexibility index (Phi) is 4.90. The molecule has 0 fully saturated rings. The first kappa shape index (κ1) is 14.1. The molecule has 0 radical (unpaired) electrons. The second-order valence-electron chi connectivity index (χ2n) is 3.59. The smallest absolute Gasteiger partial charge is 0.0737 e. The largest absolute Gasteiger partial charge is 0.379 e. The summed E-state index contributed by atoms with van der Waals surface area (Å²) < 4.78 is 1.88. The van der Waals surface area contributed by atoms with Crippen molar-refractivity contribution in [1.29, 1.82) is 0 Å². The van der Waals surface area contributed by atoms with E-state index >= 15 is 0 Å². The van der Waals surface area contributed by atoms with Crippen LogP contribution < -0.4 is 5.32 Å². The quantitative estimate of drug-likeness (QED) is 0.720. The maximum absolute atomic E-state index is 5.93. The van der Waals surface area contributed by atoms with Crippen molar-refractivity contribution in [1.82, 2.24) is 4.98 Å². The highest BCUT2D eigenvalue weighted by molar-refractivity contribution is 9.11. The van der Waals surface area contributed by atoms with E-state index < -0.39 is 0 Å². The zero-order chi connectivity index (χ0) is 13.1. The zero-order valence-electron chi connectivity index (χ0n) is 9.05. The maximum Gasteiger partial charge on any atom is 0.0737 e. The Morgan fingerprint density at radius 1 is 1.06 bits per heavy atom. The lowest BCUT2D eigenvalue weighted by atomic mass is 10.3. The van der Waals surface area contributed by atoms with Gasteiger partial charge in [-0.05, 0) is 56.1 Å².